The zero-order chi connectivity index (χ0) is 16.2. The molecular weight excluding hydrogens is 316 g/mol. The van der Waals surface area contributed by atoms with E-state index in [0.29, 0.717) is 29.8 Å². The number of carbonyl (C=O) groups excluding carboxylic acids is 1. The van der Waals surface area contributed by atoms with Crippen molar-refractivity contribution >= 4 is 17.6 Å². The van der Waals surface area contributed by atoms with Gasteiger partial charge in [0.2, 0.25) is 11.7 Å². The number of halogens is 1. The highest BCUT2D eigenvalue weighted by molar-refractivity contribution is 6.30. The SMILES string of the molecule is CCCNC(=O)N1CCCC1c1nc(-c2cccc(Cl)c2)no1. The van der Waals surface area contributed by atoms with Gasteiger partial charge in [-0.3, -0.25) is 0 Å². The van der Waals surface area contributed by atoms with Gasteiger partial charge in [-0.1, -0.05) is 35.8 Å². The van der Waals surface area contributed by atoms with Crippen molar-refractivity contribution in [1.29, 1.82) is 0 Å². The first-order valence-corrected chi connectivity index (χ1v) is 8.21. The summed E-state index contributed by atoms with van der Waals surface area (Å²) < 4.78 is 5.40. The van der Waals surface area contributed by atoms with Crippen molar-refractivity contribution in [3.63, 3.8) is 0 Å². The maximum absolute atomic E-state index is 12.2. The third kappa shape index (κ3) is 3.47. The van der Waals surface area contributed by atoms with E-state index >= 15 is 0 Å². The summed E-state index contributed by atoms with van der Waals surface area (Å²) in [6.07, 6.45) is 2.67. The Hall–Kier alpha value is -2.08. The number of likely N-dealkylation sites (tertiary alicyclic amines) is 1. The predicted octanol–water partition coefficient (Wildman–Crippen LogP) is 3.65. The summed E-state index contributed by atoms with van der Waals surface area (Å²) in [5.74, 6) is 0.965. The average molecular weight is 335 g/mol. The van der Waals surface area contributed by atoms with Crippen LogP contribution < -0.4 is 5.32 Å². The van der Waals surface area contributed by atoms with E-state index in [9.17, 15) is 4.79 Å². The van der Waals surface area contributed by atoms with E-state index in [4.69, 9.17) is 16.1 Å². The molecule has 1 aliphatic rings. The lowest BCUT2D eigenvalue weighted by Gasteiger charge is -2.22. The minimum Gasteiger partial charge on any atom is -0.338 e. The topological polar surface area (TPSA) is 71.3 Å². The van der Waals surface area contributed by atoms with Gasteiger partial charge < -0.3 is 14.7 Å². The second kappa shape index (κ2) is 7.00. The number of amides is 2. The molecule has 0 spiro atoms. The van der Waals surface area contributed by atoms with Gasteiger partial charge in [0.1, 0.15) is 6.04 Å². The van der Waals surface area contributed by atoms with Crippen LogP contribution in [0.2, 0.25) is 5.02 Å². The molecule has 0 bridgehead atoms. The van der Waals surface area contributed by atoms with Crippen LogP contribution in [-0.4, -0.2) is 34.2 Å². The van der Waals surface area contributed by atoms with E-state index in [1.165, 1.54) is 0 Å². The predicted molar refractivity (Wildman–Crippen MR) is 87.1 cm³/mol. The molecule has 2 heterocycles. The number of hydrogen-bond donors (Lipinski definition) is 1. The molecule has 23 heavy (non-hydrogen) atoms. The first kappa shape index (κ1) is 15.8. The number of nitrogens with zero attached hydrogens (tertiary/aromatic N) is 3. The van der Waals surface area contributed by atoms with Gasteiger partial charge in [0.25, 0.3) is 0 Å². The summed E-state index contributed by atoms with van der Waals surface area (Å²) in [5, 5.41) is 7.55. The molecule has 2 amide bonds. The molecule has 1 fully saturated rings. The Balaban J connectivity index is 1.78. The van der Waals surface area contributed by atoms with E-state index < -0.39 is 0 Å². The maximum Gasteiger partial charge on any atom is 0.318 e. The third-order valence-corrected chi connectivity index (χ3v) is 4.08. The highest BCUT2D eigenvalue weighted by Gasteiger charge is 2.34. The number of urea groups is 1. The van der Waals surface area contributed by atoms with E-state index in [-0.39, 0.29) is 12.1 Å². The van der Waals surface area contributed by atoms with Gasteiger partial charge in [-0.2, -0.15) is 4.98 Å². The Labute approximate surface area is 139 Å². The van der Waals surface area contributed by atoms with Gasteiger partial charge in [-0.25, -0.2) is 4.79 Å². The lowest BCUT2D eigenvalue weighted by atomic mass is 10.2. The fourth-order valence-corrected chi connectivity index (χ4v) is 2.91. The molecule has 0 saturated carbocycles. The molecule has 1 aliphatic heterocycles. The first-order valence-electron chi connectivity index (χ1n) is 7.83. The molecular formula is C16H19ClN4O2. The normalized spacial score (nSPS) is 17.5. The summed E-state index contributed by atoms with van der Waals surface area (Å²) in [5.41, 5.74) is 0.799. The van der Waals surface area contributed by atoms with Crippen LogP contribution >= 0.6 is 11.6 Å². The molecule has 122 valence electrons. The summed E-state index contributed by atoms with van der Waals surface area (Å²) in [6, 6.07) is 7.07. The number of carbonyl (C=O) groups is 1. The van der Waals surface area contributed by atoms with Crippen LogP contribution in [0.4, 0.5) is 4.79 Å². The Morgan fingerprint density at radius 1 is 1.52 bits per heavy atom. The van der Waals surface area contributed by atoms with E-state index in [1.807, 2.05) is 19.1 Å². The van der Waals surface area contributed by atoms with Crippen LogP contribution in [0.15, 0.2) is 28.8 Å². The third-order valence-electron chi connectivity index (χ3n) is 3.85. The van der Waals surface area contributed by atoms with Crippen molar-refractivity contribution in [2.24, 2.45) is 0 Å². The summed E-state index contributed by atoms with van der Waals surface area (Å²) in [4.78, 5) is 18.4. The van der Waals surface area contributed by atoms with Crippen molar-refractivity contribution < 1.29 is 9.32 Å². The molecule has 0 aliphatic carbocycles. The minimum absolute atomic E-state index is 0.0724. The van der Waals surface area contributed by atoms with Gasteiger partial charge in [0.05, 0.1) is 0 Å². The molecule has 1 atom stereocenters. The number of benzene rings is 1. The van der Waals surface area contributed by atoms with E-state index in [1.54, 1.807) is 17.0 Å². The van der Waals surface area contributed by atoms with Gasteiger partial charge in [0.15, 0.2) is 0 Å². The number of hydrogen-bond acceptors (Lipinski definition) is 4. The fourth-order valence-electron chi connectivity index (χ4n) is 2.72. The maximum atomic E-state index is 12.2. The number of rotatable bonds is 4. The summed E-state index contributed by atoms with van der Waals surface area (Å²) in [7, 11) is 0. The zero-order valence-electron chi connectivity index (χ0n) is 13.0. The molecule has 1 N–H and O–H groups in total. The van der Waals surface area contributed by atoms with Crippen molar-refractivity contribution in [3.05, 3.63) is 35.2 Å². The molecule has 2 aromatic rings. The standard InChI is InChI=1S/C16H19ClN4O2/c1-2-8-18-16(22)21-9-4-7-13(21)15-19-14(20-23-15)11-5-3-6-12(17)10-11/h3,5-6,10,13H,2,4,7-9H2,1H3,(H,18,22). The second-order valence-electron chi connectivity index (χ2n) is 5.55. The van der Waals surface area contributed by atoms with Crippen LogP contribution in [0.25, 0.3) is 11.4 Å². The van der Waals surface area contributed by atoms with Crippen LogP contribution in [-0.2, 0) is 0 Å². The monoisotopic (exact) mass is 334 g/mol. The second-order valence-corrected chi connectivity index (χ2v) is 5.99. The average Bonchev–Trinajstić information content (AvgIpc) is 3.21. The molecule has 6 nitrogen and oxygen atoms in total. The lowest BCUT2D eigenvalue weighted by Crippen LogP contribution is -2.39. The molecule has 0 radical (unpaired) electrons. The van der Waals surface area contributed by atoms with Gasteiger partial charge >= 0.3 is 6.03 Å². The Morgan fingerprint density at radius 2 is 2.39 bits per heavy atom. The molecule has 1 unspecified atom stereocenters. The smallest absolute Gasteiger partial charge is 0.318 e. The first-order chi connectivity index (χ1) is 11.2. The van der Waals surface area contributed by atoms with Crippen LogP contribution in [0.3, 0.4) is 0 Å². The molecule has 1 aromatic heterocycles. The van der Waals surface area contributed by atoms with Crippen LogP contribution in [0.5, 0.6) is 0 Å². The van der Waals surface area contributed by atoms with Crippen molar-refractivity contribution in [2.75, 3.05) is 13.1 Å². The van der Waals surface area contributed by atoms with E-state index in [2.05, 4.69) is 15.5 Å². The Morgan fingerprint density at radius 3 is 3.17 bits per heavy atom. The van der Waals surface area contributed by atoms with Gasteiger partial charge in [-0.05, 0) is 31.4 Å². The van der Waals surface area contributed by atoms with Crippen molar-refractivity contribution in [1.82, 2.24) is 20.4 Å². The van der Waals surface area contributed by atoms with Crippen LogP contribution in [0.1, 0.15) is 38.1 Å². The van der Waals surface area contributed by atoms with Crippen molar-refractivity contribution in [3.8, 4) is 11.4 Å². The largest absolute Gasteiger partial charge is 0.338 e. The zero-order valence-corrected chi connectivity index (χ0v) is 13.7. The lowest BCUT2D eigenvalue weighted by molar-refractivity contribution is 0.180. The Kier molecular flexibility index (Phi) is 4.81. The Bertz CT molecular complexity index is 688. The molecule has 1 aromatic carbocycles. The molecule has 7 heteroatoms. The van der Waals surface area contributed by atoms with Crippen molar-refractivity contribution in [2.45, 2.75) is 32.2 Å². The van der Waals surface area contributed by atoms with E-state index in [0.717, 1.165) is 24.8 Å². The summed E-state index contributed by atoms with van der Waals surface area (Å²) in [6.45, 7) is 3.39. The minimum atomic E-state index is -0.160. The number of nitrogens with one attached hydrogen (secondary N) is 1. The molecule has 3 rings (SSSR count). The fraction of sp³-hybridized carbons (Fsp3) is 0.438. The quantitative estimate of drug-likeness (QED) is 0.926. The molecule has 1 saturated heterocycles. The highest BCUT2D eigenvalue weighted by Crippen LogP contribution is 2.32. The summed E-state index contributed by atoms with van der Waals surface area (Å²) >= 11 is 5.99. The van der Waals surface area contributed by atoms with Gasteiger partial charge in [-0.15, -0.1) is 0 Å². The highest BCUT2D eigenvalue weighted by atomic mass is 35.5. The van der Waals surface area contributed by atoms with Gasteiger partial charge in [0, 0.05) is 23.7 Å². The number of aromatic nitrogens is 2. The van der Waals surface area contributed by atoms with Crippen LogP contribution in [0, 0.1) is 0 Å².